The maximum atomic E-state index is 10.7. The normalized spacial score (nSPS) is 21.0. The molecule has 1 aliphatic heterocycles. The zero-order valence-electron chi connectivity index (χ0n) is 16.7. The number of hydrogen-bond donors (Lipinski definition) is 1. The molecule has 1 aliphatic carbocycles. The zero-order valence-corrected chi connectivity index (χ0v) is 16.7. The molecule has 1 aromatic carbocycles. The van der Waals surface area contributed by atoms with Gasteiger partial charge in [0.2, 0.25) is 0 Å². The zero-order chi connectivity index (χ0) is 19.1. The summed E-state index contributed by atoms with van der Waals surface area (Å²) in [6.07, 6.45) is 8.78. The molecule has 1 aromatic rings. The minimum absolute atomic E-state index is 0.227. The average Bonchev–Trinajstić information content (AvgIpc) is 2.93. The average molecular weight is 354 g/mol. The van der Waals surface area contributed by atoms with Gasteiger partial charge in [-0.15, -0.1) is 0 Å². The Balaban J connectivity index is 1.88. The van der Waals surface area contributed by atoms with Crippen LogP contribution in [0.4, 0.5) is 5.69 Å². The van der Waals surface area contributed by atoms with E-state index in [-0.39, 0.29) is 10.8 Å². The summed E-state index contributed by atoms with van der Waals surface area (Å²) in [4.78, 5) is 13.1. The molecule has 3 heteroatoms. The molecular weight excluding hydrogens is 322 g/mol. The lowest BCUT2D eigenvalue weighted by molar-refractivity contribution is -0.131. The first-order chi connectivity index (χ1) is 12.1. The largest absolute Gasteiger partial charge is 0.478 e. The van der Waals surface area contributed by atoms with Gasteiger partial charge in [0, 0.05) is 24.9 Å². The molecular formula is C23H31NO2. The molecule has 0 bridgehead atoms. The van der Waals surface area contributed by atoms with E-state index in [9.17, 15) is 4.79 Å². The van der Waals surface area contributed by atoms with E-state index in [4.69, 9.17) is 5.11 Å². The fraction of sp³-hybridized carbons (Fsp3) is 0.522. The second-order valence-corrected chi connectivity index (χ2v) is 9.12. The lowest BCUT2D eigenvalue weighted by atomic mass is 9.63. The number of benzene rings is 1. The minimum atomic E-state index is -0.893. The molecule has 3 nitrogen and oxygen atoms in total. The predicted molar refractivity (Wildman–Crippen MR) is 108 cm³/mol. The van der Waals surface area contributed by atoms with Gasteiger partial charge >= 0.3 is 5.97 Å². The molecule has 0 aromatic heterocycles. The highest BCUT2D eigenvalue weighted by molar-refractivity contribution is 5.81. The molecule has 0 unspecified atom stereocenters. The van der Waals surface area contributed by atoms with E-state index in [2.05, 4.69) is 50.8 Å². The van der Waals surface area contributed by atoms with Gasteiger partial charge in [-0.25, -0.2) is 4.79 Å². The van der Waals surface area contributed by atoms with Crippen LogP contribution in [0.1, 0.15) is 64.2 Å². The number of hydrogen-bond acceptors (Lipinski definition) is 2. The van der Waals surface area contributed by atoms with Gasteiger partial charge in [-0.2, -0.15) is 0 Å². The van der Waals surface area contributed by atoms with Gasteiger partial charge in [0.25, 0.3) is 0 Å². The third-order valence-electron chi connectivity index (χ3n) is 6.10. The number of allylic oxidation sites excluding steroid dienone is 2. The van der Waals surface area contributed by atoms with Crippen LogP contribution < -0.4 is 4.90 Å². The summed E-state index contributed by atoms with van der Waals surface area (Å²) in [5.41, 5.74) is 7.11. The molecule has 140 valence electrons. The summed E-state index contributed by atoms with van der Waals surface area (Å²) in [5, 5.41) is 8.81. The van der Waals surface area contributed by atoms with Crippen molar-refractivity contribution < 1.29 is 9.90 Å². The molecule has 0 amide bonds. The van der Waals surface area contributed by atoms with Crippen molar-refractivity contribution in [2.45, 2.75) is 64.7 Å². The molecule has 0 spiro atoms. The first-order valence-corrected chi connectivity index (χ1v) is 9.61. The van der Waals surface area contributed by atoms with Crippen molar-refractivity contribution >= 4 is 11.7 Å². The van der Waals surface area contributed by atoms with E-state index in [1.807, 2.05) is 13.0 Å². The van der Waals surface area contributed by atoms with Crippen LogP contribution in [0.25, 0.3) is 0 Å². The summed E-state index contributed by atoms with van der Waals surface area (Å²) >= 11 is 0. The Hall–Kier alpha value is -2.03. The van der Waals surface area contributed by atoms with Crippen molar-refractivity contribution in [3.05, 3.63) is 52.6 Å². The maximum Gasteiger partial charge on any atom is 0.328 e. The lowest BCUT2D eigenvalue weighted by Gasteiger charge is -2.42. The molecule has 0 saturated carbocycles. The number of rotatable bonds is 4. The predicted octanol–water partition coefficient (Wildman–Crippen LogP) is 4.99. The smallest absolute Gasteiger partial charge is 0.328 e. The Morgan fingerprint density at radius 3 is 2.38 bits per heavy atom. The molecule has 0 saturated heterocycles. The molecule has 26 heavy (non-hydrogen) atoms. The van der Waals surface area contributed by atoms with Gasteiger partial charge in [0.15, 0.2) is 0 Å². The van der Waals surface area contributed by atoms with Gasteiger partial charge in [-0.1, -0.05) is 45.9 Å². The number of nitrogens with zero attached hydrogens (tertiary/aromatic N) is 1. The summed E-state index contributed by atoms with van der Waals surface area (Å²) in [6.45, 7) is 13.2. The van der Waals surface area contributed by atoms with Crippen LogP contribution >= 0.6 is 0 Å². The van der Waals surface area contributed by atoms with Crippen LogP contribution in [-0.2, 0) is 22.0 Å². The highest BCUT2D eigenvalue weighted by Gasteiger charge is 2.38. The Morgan fingerprint density at radius 2 is 1.77 bits per heavy atom. The number of anilines is 1. The van der Waals surface area contributed by atoms with Gasteiger partial charge < -0.3 is 10.0 Å². The summed E-state index contributed by atoms with van der Waals surface area (Å²) in [6, 6.07) is 4.90. The third kappa shape index (κ3) is 3.58. The summed E-state index contributed by atoms with van der Waals surface area (Å²) in [7, 11) is 0. The number of aliphatic carboxylic acids is 1. The second kappa shape index (κ2) is 6.61. The van der Waals surface area contributed by atoms with Crippen LogP contribution in [0.5, 0.6) is 0 Å². The van der Waals surface area contributed by atoms with E-state index in [0.717, 1.165) is 25.1 Å². The van der Waals surface area contributed by atoms with E-state index in [0.29, 0.717) is 0 Å². The SMILES string of the molecule is CC(/C=C/CN1CCc2cc3c(cc21)C(C)(C)CCC3(C)C)=C\C(=O)O. The van der Waals surface area contributed by atoms with Crippen LogP contribution in [0.15, 0.2) is 35.9 Å². The molecule has 0 fully saturated rings. The van der Waals surface area contributed by atoms with Crippen molar-refractivity contribution in [1.82, 2.24) is 0 Å². The Kier molecular flexibility index (Phi) is 4.76. The number of carboxylic acids is 1. The maximum absolute atomic E-state index is 10.7. The topological polar surface area (TPSA) is 40.5 Å². The molecule has 1 N–H and O–H groups in total. The number of carboxylic acid groups (broad SMARTS) is 1. The molecule has 0 radical (unpaired) electrons. The first kappa shape index (κ1) is 18.8. The minimum Gasteiger partial charge on any atom is -0.478 e. The standard InChI is InChI=1S/C23H31NO2/c1-16(13-21(25)26)7-6-11-24-12-8-17-14-18-19(15-20(17)24)23(4,5)10-9-22(18,2)3/h6-7,13-15H,8-12H2,1-5H3,(H,25,26)/b7-6+,16-13+. The van der Waals surface area contributed by atoms with E-state index >= 15 is 0 Å². The molecule has 1 heterocycles. The highest BCUT2D eigenvalue weighted by Crippen LogP contribution is 2.48. The van der Waals surface area contributed by atoms with Gasteiger partial charge in [-0.3, -0.25) is 0 Å². The van der Waals surface area contributed by atoms with Crippen LogP contribution in [0.2, 0.25) is 0 Å². The van der Waals surface area contributed by atoms with Crippen molar-refractivity contribution in [1.29, 1.82) is 0 Å². The summed E-state index contributed by atoms with van der Waals surface area (Å²) < 4.78 is 0. The van der Waals surface area contributed by atoms with Crippen molar-refractivity contribution in [2.24, 2.45) is 0 Å². The Labute approximate surface area is 157 Å². The monoisotopic (exact) mass is 353 g/mol. The first-order valence-electron chi connectivity index (χ1n) is 9.61. The Morgan fingerprint density at radius 1 is 1.15 bits per heavy atom. The quantitative estimate of drug-likeness (QED) is 0.613. The highest BCUT2D eigenvalue weighted by atomic mass is 16.4. The van der Waals surface area contributed by atoms with Crippen LogP contribution in [-0.4, -0.2) is 24.2 Å². The molecule has 0 atom stereocenters. The fourth-order valence-corrected chi connectivity index (χ4v) is 4.32. The van der Waals surface area contributed by atoms with E-state index in [1.165, 1.54) is 41.3 Å². The van der Waals surface area contributed by atoms with Crippen molar-refractivity contribution in [2.75, 3.05) is 18.0 Å². The fourth-order valence-electron chi connectivity index (χ4n) is 4.32. The van der Waals surface area contributed by atoms with E-state index in [1.54, 1.807) is 0 Å². The van der Waals surface area contributed by atoms with Crippen LogP contribution in [0, 0.1) is 0 Å². The van der Waals surface area contributed by atoms with Gasteiger partial charge in [0.05, 0.1) is 0 Å². The van der Waals surface area contributed by atoms with Gasteiger partial charge in [0.1, 0.15) is 0 Å². The lowest BCUT2D eigenvalue weighted by Crippen LogP contribution is -2.34. The third-order valence-corrected chi connectivity index (χ3v) is 6.10. The second-order valence-electron chi connectivity index (χ2n) is 9.12. The van der Waals surface area contributed by atoms with E-state index < -0.39 is 5.97 Å². The van der Waals surface area contributed by atoms with Crippen molar-refractivity contribution in [3.63, 3.8) is 0 Å². The number of carbonyl (C=O) groups is 1. The summed E-state index contributed by atoms with van der Waals surface area (Å²) in [5.74, 6) is -0.893. The molecule has 2 aliphatic rings. The van der Waals surface area contributed by atoms with Crippen molar-refractivity contribution in [3.8, 4) is 0 Å². The number of fused-ring (bicyclic) bond motifs is 2. The van der Waals surface area contributed by atoms with Gasteiger partial charge in [-0.05, 0) is 65.3 Å². The molecule has 3 rings (SSSR count). The van der Waals surface area contributed by atoms with Crippen LogP contribution in [0.3, 0.4) is 0 Å². The Bertz CT molecular complexity index is 784.